The molecular weight excluding hydrogens is 254 g/mol. The lowest BCUT2D eigenvalue weighted by Crippen LogP contribution is -2.25. The van der Waals surface area contributed by atoms with Crippen molar-refractivity contribution in [1.82, 2.24) is 4.90 Å². The van der Waals surface area contributed by atoms with Crippen molar-refractivity contribution in [2.45, 2.75) is 33.2 Å². The Hall–Kier alpha value is -1.62. The largest absolute Gasteiger partial charge is 0.380 e. The molecule has 0 aromatic heterocycles. The monoisotopic (exact) mass is 277 g/mol. The average molecular weight is 277 g/mol. The number of nitro groups is 1. The molecule has 0 amide bonds. The summed E-state index contributed by atoms with van der Waals surface area (Å²) in [5, 5.41) is 14.3. The first-order valence-corrected chi connectivity index (χ1v) is 7.38. The predicted molar refractivity (Wildman–Crippen MR) is 80.9 cm³/mol. The van der Waals surface area contributed by atoms with Gasteiger partial charge in [0.25, 0.3) is 5.69 Å². The van der Waals surface area contributed by atoms with Gasteiger partial charge in [-0.2, -0.15) is 0 Å². The molecule has 1 fully saturated rings. The van der Waals surface area contributed by atoms with E-state index in [-0.39, 0.29) is 10.6 Å². The molecule has 1 N–H and O–H groups in total. The smallest absolute Gasteiger partial charge is 0.292 e. The number of hydrogen-bond donors (Lipinski definition) is 1. The predicted octanol–water partition coefficient (Wildman–Crippen LogP) is 3.26. The maximum atomic E-state index is 11.1. The third-order valence-electron chi connectivity index (χ3n) is 3.73. The van der Waals surface area contributed by atoms with E-state index in [4.69, 9.17) is 0 Å². The fourth-order valence-corrected chi connectivity index (χ4v) is 2.46. The molecule has 5 heteroatoms. The van der Waals surface area contributed by atoms with E-state index >= 15 is 0 Å². The van der Waals surface area contributed by atoms with Crippen molar-refractivity contribution in [3.05, 3.63) is 33.9 Å². The maximum absolute atomic E-state index is 11.1. The molecular formula is C15H23N3O2. The van der Waals surface area contributed by atoms with Crippen LogP contribution in [0.25, 0.3) is 0 Å². The van der Waals surface area contributed by atoms with E-state index < -0.39 is 0 Å². The summed E-state index contributed by atoms with van der Waals surface area (Å²) in [7, 11) is 0. The second kappa shape index (κ2) is 6.70. The molecule has 1 aromatic carbocycles. The molecule has 2 rings (SSSR count). The Labute approximate surface area is 120 Å². The Morgan fingerprint density at radius 3 is 2.70 bits per heavy atom. The van der Waals surface area contributed by atoms with Gasteiger partial charge in [0, 0.05) is 25.7 Å². The van der Waals surface area contributed by atoms with Crippen LogP contribution in [0.15, 0.2) is 18.2 Å². The lowest BCUT2D eigenvalue weighted by Gasteiger charge is -2.22. The molecule has 0 radical (unpaired) electrons. The van der Waals surface area contributed by atoms with Crippen LogP contribution in [0.2, 0.25) is 0 Å². The zero-order valence-electron chi connectivity index (χ0n) is 12.3. The number of hydrogen-bond acceptors (Lipinski definition) is 4. The van der Waals surface area contributed by atoms with E-state index in [9.17, 15) is 10.1 Å². The van der Waals surface area contributed by atoms with E-state index in [0.29, 0.717) is 12.2 Å². The van der Waals surface area contributed by atoms with Crippen molar-refractivity contribution in [3.63, 3.8) is 0 Å². The van der Waals surface area contributed by atoms with Gasteiger partial charge in [-0.05, 0) is 37.8 Å². The van der Waals surface area contributed by atoms with Crippen LogP contribution in [0, 0.1) is 16.0 Å². The highest BCUT2D eigenvalue weighted by molar-refractivity contribution is 5.66. The molecule has 0 heterocycles. The van der Waals surface area contributed by atoms with Crippen LogP contribution in [0.4, 0.5) is 11.4 Å². The van der Waals surface area contributed by atoms with Crippen molar-refractivity contribution >= 4 is 11.4 Å². The molecule has 0 atom stereocenters. The van der Waals surface area contributed by atoms with E-state index in [1.54, 1.807) is 12.1 Å². The first kappa shape index (κ1) is 14.8. The third kappa shape index (κ3) is 3.70. The molecule has 20 heavy (non-hydrogen) atoms. The third-order valence-corrected chi connectivity index (χ3v) is 3.73. The number of nitro benzene ring substituents is 1. The van der Waals surface area contributed by atoms with Gasteiger partial charge in [-0.1, -0.05) is 19.1 Å². The van der Waals surface area contributed by atoms with Crippen LogP contribution in [0.3, 0.4) is 0 Å². The number of nitrogens with one attached hydrogen (secondary N) is 1. The lowest BCUT2D eigenvalue weighted by atomic mass is 10.1. The van der Waals surface area contributed by atoms with Crippen molar-refractivity contribution in [3.8, 4) is 0 Å². The van der Waals surface area contributed by atoms with E-state index in [0.717, 1.165) is 31.1 Å². The average Bonchev–Trinajstić information content (AvgIpc) is 3.23. The quantitative estimate of drug-likeness (QED) is 0.585. The zero-order chi connectivity index (χ0) is 14.5. The Morgan fingerprint density at radius 1 is 1.40 bits per heavy atom. The van der Waals surface area contributed by atoms with Crippen LogP contribution in [0.5, 0.6) is 0 Å². The first-order valence-electron chi connectivity index (χ1n) is 7.38. The number of rotatable bonds is 8. The molecule has 1 saturated carbocycles. The van der Waals surface area contributed by atoms with Gasteiger partial charge in [0.1, 0.15) is 5.69 Å². The zero-order valence-corrected chi connectivity index (χ0v) is 12.3. The maximum Gasteiger partial charge on any atom is 0.292 e. The van der Waals surface area contributed by atoms with Gasteiger partial charge in [-0.15, -0.1) is 0 Å². The number of para-hydroxylation sites is 1. The molecule has 5 nitrogen and oxygen atoms in total. The molecule has 0 aliphatic heterocycles. The first-order chi connectivity index (χ1) is 9.65. The minimum atomic E-state index is -0.307. The summed E-state index contributed by atoms with van der Waals surface area (Å²) in [6, 6.07) is 5.33. The normalized spacial score (nSPS) is 14.6. The molecule has 1 aromatic rings. The Kier molecular flexibility index (Phi) is 4.95. The van der Waals surface area contributed by atoms with Gasteiger partial charge in [-0.3, -0.25) is 15.0 Å². The van der Waals surface area contributed by atoms with Crippen molar-refractivity contribution in [2.24, 2.45) is 5.92 Å². The number of anilines is 1. The fourth-order valence-electron chi connectivity index (χ4n) is 2.46. The minimum Gasteiger partial charge on any atom is -0.380 e. The number of benzene rings is 1. The SMILES string of the molecule is CCNc1c(CN(CC)CC2CC2)cccc1[N+](=O)[O-]. The Balaban J connectivity index is 2.19. The Morgan fingerprint density at radius 2 is 2.15 bits per heavy atom. The molecule has 1 aliphatic carbocycles. The fraction of sp³-hybridized carbons (Fsp3) is 0.600. The molecule has 1 aliphatic rings. The molecule has 0 saturated heterocycles. The Bertz CT molecular complexity index is 472. The lowest BCUT2D eigenvalue weighted by molar-refractivity contribution is -0.384. The number of nitrogens with zero attached hydrogens (tertiary/aromatic N) is 2. The van der Waals surface area contributed by atoms with Gasteiger partial charge in [-0.25, -0.2) is 0 Å². The minimum absolute atomic E-state index is 0.173. The van der Waals surface area contributed by atoms with Gasteiger partial charge < -0.3 is 5.32 Å². The molecule has 0 bridgehead atoms. The van der Waals surface area contributed by atoms with Gasteiger partial charge in [0.15, 0.2) is 0 Å². The molecule has 0 unspecified atom stereocenters. The second-order valence-corrected chi connectivity index (χ2v) is 5.37. The van der Waals surface area contributed by atoms with E-state index in [1.165, 1.54) is 12.8 Å². The van der Waals surface area contributed by atoms with Crippen molar-refractivity contribution in [2.75, 3.05) is 25.0 Å². The van der Waals surface area contributed by atoms with Crippen LogP contribution < -0.4 is 5.32 Å². The highest BCUT2D eigenvalue weighted by atomic mass is 16.6. The van der Waals surface area contributed by atoms with Gasteiger partial charge >= 0.3 is 0 Å². The summed E-state index contributed by atoms with van der Waals surface area (Å²) in [5.74, 6) is 0.830. The van der Waals surface area contributed by atoms with Gasteiger partial charge in [0.05, 0.1) is 4.92 Å². The summed E-state index contributed by atoms with van der Waals surface area (Å²) in [6.07, 6.45) is 2.65. The molecule has 110 valence electrons. The van der Waals surface area contributed by atoms with Crippen molar-refractivity contribution < 1.29 is 4.92 Å². The van der Waals surface area contributed by atoms with Crippen LogP contribution >= 0.6 is 0 Å². The van der Waals surface area contributed by atoms with Crippen molar-refractivity contribution in [1.29, 1.82) is 0 Å². The molecule has 0 spiro atoms. The van der Waals surface area contributed by atoms with E-state index in [1.807, 2.05) is 13.0 Å². The van der Waals surface area contributed by atoms with Gasteiger partial charge in [0.2, 0.25) is 0 Å². The summed E-state index contributed by atoms with van der Waals surface area (Å²) >= 11 is 0. The second-order valence-electron chi connectivity index (χ2n) is 5.37. The van der Waals surface area contributed by atoms with Crippen LogP contribution in [0.1, 0.15) is 32.3 Å². The topological polar surface area (TPSA) is 58.4 Å². The standard InChI is InChI=1S/C15H23N3O2/c1-3-16-15-13(6-5-7-14(15)18(19)20)11-17(4-2)10-12-8-9-12/h5-7,12,16H,3-4,8-11H2,1-2H3. The highest BCUT2D eigenvalue weighted by Crippen LogP contribution is 2.32. The summed E-state index contributed by atoms with van der Waals surface area (Å²) in [6.45, 7) is 7.65. The summed E-state index contributed by atoms with van der Waals surface area (Å²) in [4.78, 5) is 13.2. The van der Waals surface area contributed by atoms with E-state index in [2.05, 4.69) is 17.1 Å². The summed E-state index contributed by atoms with van der Waals surface area (Å²) in [5.41, 5.74) is 1.87. The van der Waals surface area contributed by atoms with Crippen LogP contribution in [-0.2, 0) is 6.54 Å². The summed E-state index contributed by atoms with van der Waals surface area (Å²) < 4.78 is 0. The highest BCUT2D eigenvalue weighted by Gasteiger charge is 2.25. The van der Waals surface area contributed by atoms with Crippen LogP contribution in [-0.4, -0.2) is 29.5 Å².